The zero-order valence-electron chi connectivity index (χ0n) is 12.2. The number of H-pyrrole nitrogens is 1. The van der Waals surface area contributed by atoms with Crippen LogP contribution < -0.4 is 0 Å². The molecule has 1 fully saturated rings. The van der Waals surface area contributed by atoms with Crippen molar-refractivity contribution in [1.82, 2.24) is 25.0 Å². The highest BCUT2D eigenvalue weighted by Gasteiger charge is 2.31. The van der Waals surface area contributed by atoms with Gasteiger partial charge < -0.3 is 9.80 Å². The Bertz CT molecular complexity index is 440. The SMILES string of the molecule is CC(C)c1nc(C(=O)N2CCCC2CN(C)C)n[nH]1. The Labute approximate surface area is 114 Å². The number of likely N-dealkylation sites (N-methyl/N-ethyl adjacent to an activating group) is 1. The predicted molar refractivity (Wildman–Crippen MR) is 73.1 cm³/mol. The first-order valence-corrected chi connectivity index (χ1v) is 6.87. The molecule has 1 aliphatic rings. The van der Waals surface area contributed by atoms with E-state index >= 15 is 0 Å². The van der Waals surface area contributed by atoms with Crippen LogP contribution in [0.4, 0.5) is 0 Å². The second-order valence-corrected chi connectivity index (χ2v) is 5.76. The number of nitrogens with one attached hydrogen (secondary N) is 1. The summed E-state index contributed by atoms with van der Waals surface area (Å²) in [6.45, 7) is 5.76. The number of hydrogen-bond acceptors (Lipinski definition) is 4. The summed E-state index contributed by atoms with van der Waals surface area (Å²) in [5, 5.41) is 6.90. The molecule has 1 unspecified atom stereocenters. The minimum Gasteiger partial charge on any atom is -0.332 e. The topological polar surface area (TPSA) is 65.1 Å². The monoisotopic (exact) mass is 265 g/mol. The van der Waals surface area contributed by atoms with Crippen LogP contribution in [0.5, 0.6) is 0 Å². The van der Waals surface area contributed by atoms with E-state index in [0.29, 0.717) is 5.82 Å². The average Bonchev–Trinajstić information content (AvgIpc) is 2.95. The maximum atomic E-state index is 12.4. The van der Waals surface area contributed by atoms with Gasteiger partial charge in [0.2, 0.25) is 5.82 Å². The quantitative estimate of drug-likeness (QED) is 0.885. The number of likely N-dealkylation sites (tertiary alicyclic amines) is 1. The van der Waals surface area contributed by atoms with Crippen molar-refractivity contribution in [3.05, 3.63) is 11.6 Å². The van der Waals surface area contributed by atoms with E-state index in [4.69, 9.17) is 0 Å². The third kappa shape index (κ3) is 3.12. The summed E-state index contributed by atoms with van der Waals surface area (Å²) in [5.41, 5.74) is 0. The van der Waals surface area contributed by atoms with E-state index in [1.807, 2.05) is 32.8 Å². The fourth-order valence-corrected chi connectivity index (χ4v) is 2.47. The lowest BCUT2D eigenvalue weighted by molar-refractivity contribution is 0.0704. The molecule has 0 aromatic carbocycles. The zero-order valence-corrected chi connectivity index (χ0v) is 12.2. The van der Waals surface area contributed by atoms with Gasteiger partial charge >= 0.3 is 0 Å². The Morgan fingerprint density at radius 2 is 2.26 bits per heavy atom. The molecule has 0 saturated carbocycles. The second kappa shape index (κ2) is 5.69. The molecule has 6 nitrogen and oxygen atoms in total. The summed E-state index contributed by atoms with van der Waals surface area (Å²) in [6.07, 6.45) is 2.12. The van der Waals surface area contributed by atoms with Gasteiger partial charge in [0.25, 0.3) is 5.91 Å². The van der Waals surface area contributed by atoms with Crippen molar-refractivity contribution in [2.24, 2.45) is 0 Å². The van der Waals surface area contributed by atoms with E-state index in [9.17, 15) is 4.79 Å². The fraction of sp³-hybridized carbons (Fsp3) is 0.769. The molecule has 6 heteroatoms. The first-order valence-electron chi connectivity index (χ1n) is 6.87. The van der Waals surface area contributed by atoms with Crippen LogP contribution in [0.25, 0.3) is 0 Å². The van der Waals surface area contributed by atoms with Gasteiger partial charge in [-0.05, 0) is 26.9 Å². The van der Waals surface area contributed by atoms with Crippen LogP contribution in [0.15, 0.2) is 0 Å². The third-order valence-corrected chi connectivity index (χ3v) is 3.45. The van der Waals surface area contributed by atoms with Gasteiger partial charge in [-0.25, -0.2) is 4.98 Å². The first kappa shape index (κ1) is 14.0. The molecule has 1 aliphatic heterocycles. The molecule has 2 heterocycles. The van der Waals surface area contributed by atoms with Crippen LogP contribution >= 0.6 is 0 Å². The minimum absolute atomic E-state index is 0.0486. The van der Waals surface area contributed by atoms with Crippen molar-refractivity contribution in [1.29, 1.82) is 0 Å². The van der Waals surface area contributed by atoms with Gasteiger partial charge in [-0.15, -0.1) is 5.10 Å². The number of carbonyl (C=O) groups excluding carboxylic acids is 1. The van der Waals surface area contributed by atoms with E-state index < -0.39 is 0 Å². The Balaban J connectivity index is 2.09. The summed E-state index contributed by atoms with van der Waals surface area (Å²) in [4.78, 5) is 20.8. The highest BCUT2D eigenvalue weighted by Crippen LogP contribution is 2.20. The number of amides is 1. The molecule has 106 valence electrons. The molecule has 1 amide bonds. The highest BCUT2D eigenvalue weighted by atomic mass is 16.2. The third-order valence-electron chi connectivity index (χ3n) is 3.45. The fourth-order valence-electron chi connectivity index (χ4n) is 2.47. The van der Waals surface area contributed by atoms with Crippen molar-refractivity contribution < 1.29 is 4.79 Å². The number of carbonyl (C=O) groups is 1. The van der Waals surface area contributed by atoms with Crippen molar-refractivity contribution in [2.45, 2.75) is 38.6 Å². The van der Waals surface area contributed by atoms with E-state index in [-0.39, 0.29) is 17.9 Å². The van der Waals surface area contributed by atoms with Crippen molar-refractivity contribution in [3.8, 4) is 0 Å². The lowest BCUT2D eigenvalue weighted by Crippen LogP contribution is -2.41. The molecule has 1 aromatic heterocycles. The molecule has 1 aromatic rings. The van der Waals surface area contributed by atoms with Gasteiger partial charge in [0.1, 0.15) is 5.82 Å². The molecule has 2 rings (SSSR count). The second-order valence-electron chi connectivity index (χ2n) is 5.76. The molecule has 0 aliphatic carbocycles. The molecule has 1 saturated heterocycles. The van der Waals surface area contributed by atoms with Gasteiger partial charge in [0, 0.05) is 25.0 Å². The molecule has 0 spiro atoms. The smallest absolute Gasteiger partial charge is 0.293 e. The molecule has 1 atom stereocenters. The van der Waals surface area contributed by atoms with E-state index in [1.54, 1.807) is 0 Å². The van der Waals surface area contributed by atoms with Crippen LogP contribution in [0.2, 0.25) is 0 Å². The predicted octanol–water partition coefficient (Wildman–Crippen LogP) is 1.09. The van der Waals surface area contributed by atoms with Gasteiger partial charge in [0.15, 0.2) is 0 Å². The number of nitrogens with zero attached hydrogens (tertiary/aromatic N) is 4. The van der Waals surface area contributed by atoms with Gasteiger partial charge in [-0.1, -0.05) is 13.8 Å². The van der Waals surface area contributed by atoms with Crippen LogP contribution in [-0.4, -0.2) is 64.1 Å². The highest BCUT2D eigenvalue weighted by molar-refractivity contribution is 5.90. The summed E-state index contributed by atoms with van der Waals surface area (Å²) >= 11 is 0. The maximum Gasteiger partial charge on any atom is 0.293 e. The number of rotatable bonds is 4. The summed E-state index contributed by atoms with van der Waals surface area (Å²) in [7, 11) is 4.06. The molecule has 1 N–H and O–H groups in total. The van der Waals surface area contributed by atoms with E-state index in [0.717, 1.165) is 31.8 Å². The standard InChI is InChI=1S/C13H23N5O/c1-9(2)11-14-12(16-15-11)13(19)18-7-5-6-10(18)8-17(3)4/h9-10H,5-8H2,1-4H3,(H,14,15,16). The Morgan fingerprint density at radius 3 is 2.84 bits per heavy atom. The maximum absolute atomic E-state index is 12.4. The normalized spacial score (nSPS) is 19.7. The number of aromatic amines is 1. The summed E-state index contributed by atoms with van der Waals surface area (Å²) in [5.74, 6) is 1.28. The van der Waals surface area contributed by atoms with Gasteiger partial charge in [-0.2, -0.15) is 0 Å². The van der Waals surface area contributed by atoms with Crippen LogP contribution in [-0.2, 0) is 0 Å². The first-order chi connectivity index (χ1) is 8.99. The lowest BCUT2D eigenvalue weighted by Gasteiger charge is -2.26. The van der Waals surface area contributed by atoms with Crippen LogP contribution in [0.1, 0.15) is 49.1 Å². The summed E-state index contributed by atoms with van der Waals surface area (Å²) < 4.78 is 0. The molecule has 0 bridgehead atoms. The average molecular weight is 265 g/mol. The molecular weight excluding hydrogens is 242 g/mol. The largest absolute Gasteiger partial charge is 0.332 e. The number of hydrogen-bond donors (Lipinski definition) is 1. The zero-order chi connectivity index (χ0) is 14.0. The van der Waals surface area contributed by atoms with Gasteiger partial charge in [0.05, 0.1) is 0 Å². The Morgan fingerprint density at radius 1 is 1.53 bits per heavy atom. The van der Waals surface area contributed by atoms with Crippen LogP contribution in [0.3, 0.4) is 0 Å². The lowest BCUT2D eigenvalue weighted by atomic mass is 10.2. The van der Waals surface area contributed by atoms with Crippen LogP contribution in [0, 0.1) is 0 Å². The molecule has 19 heavy (non-hydrogen) atoms. The minimum atomic E-state index is -0.0486. The van der Waals surface area contributed by atoms with Gasteiger partial charge in [-0.3, -0.25) is 9.89 Å². The van der Waals surface area contributed by atoms with E-state index in [1.165, 1.54) is 0 Å². The van der Waals surface area contributed by atoms with E-state index in [2.05, 4.69) is 20.1 Å². The van der Waals surface area contributed by atoms with Crippen molar-refractivity contribution in [2.75, 3.05) is 27.2 Å². The molecular formula is C13H23N5O. The Kier molecular flexibility index (Phi) is 4.19. The number of aromatic nitrogens is 3. The Hall–Kier alpha value is -1.43. The van der Waals surface area contributed by atoms with Crippen molar-refractivity contribution >= 4 is 5.91 Å². The van der Waals surface area contributed by atoms with Crippen molar-refractivity contribution in [3.63, 3.8) is 0 Å². The molecule has 0 radical (unpaired) electrons. The summed E-state index contributed by atoms with van der Waals surface area (Å²) in [6, 6.07) is 0.281.